The first kappa shape index (κ1) is 16.3. The second-order valence-corrected chi connectivity index (χ2v) is 8.72. The first-order valence-electron chi connectivity index (χ1n) is 9.52. The van der Waals surface area contributed by atoms with Crippen molar-refractivity contribution >= 4 is 22.4 Å². The molecule has 2 fully saturated rings. The molecule has 2 bridgehead atoms. The Morgan fingerprint density at radius 3 is 2.65 bits per heavy atom. The molecule has 136 valence electrons. The van der Waals surface area contributed by atoms with E-state index in [1.807, 2.05) is 36.1 Å². The number of aromatic nitrogens is 1. The number of thiazole rings is 1. The molecule has 2 aromatic rings. The fraction of sp³-hybridized carbons (Fsp3) is 0.500. The molecule has 3 aliphatic heterocycles. The number of nitrogens with one attached hydrogen (secondary N) is 1. The number of anilines is 1. The number of hydrogen-bond donors (Lipinski definition) is 1. The van der Waals surface area contributed by atoms with Crippen molar-refractivity contribution in [1.29, 1.82) is 0 Å². The number of fused-ring (bicyclic) bond motifs is 3. The third kappa shape index (κ3) is 2.72. The summed E-state index contributed by atoms with van der Waals surface area (Å²) in [5, 5.41) is 4.71. The number of benzene rings is 1. The van der Waals surface area contributed by atoms with Gasteiger partial charge in [-0.25, -0.2) is 4.98 Å². The topological polar surface area (TPSA) is 48.5 Å². The lowest BCUT2D eigenvalue weighted by molar-refractivity contribution is 0.0736. The normalized spacial score (nSPS) is 24.7. The molecular formula is C20H24N4OS. The van der Waals surface area contributed by atoms with Crippen molar-refractivity contribution in [3.8, 4) is 0 Å². The minimum atomic E-state index is 0.132. The molecule has 26 heavy (non-hydrogen) atoms. The van der Waals surface area contributed by atoms with Gasteiger partial charge >= 0.3 is 0 Å². The van der Waals surface area contributed by atoms with Crippen LogP contribution in [0, 0.1) is 6.92 Å². The summed E-state index contributed by atoms with van der Waals surface area (Å²) in [5.41, 5.74) is 3.17. The van der Waals surface area contributed by atoms with E-state index in [0.29, 0.717) is 18.6 Å². The van der Waals surface area contributed by atoms with Crippen molar-refractivity contribution in [2.45, 2.75) is 44.8 Å². The van der Waals surface area contributed by atoms with Gasteiger partial charge in [-0.2, -0.15) is 0 Å². The van der Waals surface area contributed by atoms with Gasteiger partial charge in [0, 0.05) is 48.6 Å². The lowest BCUT2D eigenvalue weighted by Gasteiger charge is -2.35. The van der Waals surface area contributed by atoms with Crippen LogP contribution in [0.25, 0.3) is 0 Å². The lowest BCUT2D eigenvalue weighted by Crippen LogP contribution is -2.51. The van der Waals surface area contributed by atoms with E-state index in [0.717, 1.165) is 31.6 Å². The number of carbonyl (C=O) groups excluding carboxylic acids is 1. The molecule has 4 heterocycles. The summed E-state index contributed by atoms with van der Waals surface area (Å²) in [6.45, 7) is 5.64. The maximum absolute atomic E-state index is 12.8. The van der Waals surface area contributed by atoms with E-state index in [1.165, 1.54) is 34.1 Å². The molecule has 0 aliphatic carbocycles. The van der Waals surface area contributed by atoms with Crippen LogP contribution in [-0.2, 0) is 13.0 Å². The Morgan fingerprint density at radius 2 is 1.92 bits per heavy atom. The van der Waals surface area contributed by atoms with Crippen LogP contribution >= 0.6 is 11.3 Å². The standard InChI is InChI=1S/C20H24N4OS/c1-13-2-4-14(5-3-13)19(25)23-9-8-17-18(12-23)26-20(22-17)24-15-6-7-16(24)11-21-10-15/h2-5,15-16,21H,6-12H2,1H3. The predicted molar refractivity (Wildman–Crippen MR) is 104 cm³/mol. The molecule has 6 heteroatoms. The number of amides is 1. The first-order valence-corrected chi connectivity index (χ1v) is 10.3. The van der Waals surface area contributed by atoms with E-state index in [1.54, 1.807) is 11.3 Å². The van der Waals surface area contributed by atoms with Crippen LogP contribution in [-0.4, -0.2) is 47.5 Å². The number of rotatable bonds is 2. The summed E-state index contributed by atoms with van der Waals surface area (Å²) in [6, 6.07) is 9.06. The van der Waals surface area contributed by atoms with Gasteiger partial charge in [0.25, 0.3) is 5.91 Å². The van der Waals surface area contributed by atoms with Gasteiger partial charge in [-0.3, -0.25) is 4.79 Å². The van der Waals surface area contributed by atoms with Gasteiger partial charge in [-0.1, -0.05) is 29.0 Å². The van der Waals surface area contributed by atoms with Gasteiger partial charge in [0.2, 0.25) is 0 Å². The minimum Gasteiger partial charge on any atom is -0.340 e. The van der Waals surface area contributed by atoms with Crippen molar-refractivity contribution in [3.05, 3.63) is 46.0 Å². The van der Waals surface area contributed by atoms with E-state index in [2.05, 4.69) is 10.2 Å². The van der Waals surface area contributed by atoms with E-state index in [9.17, 15) is 4.79 Å². The Kier molecular flexibility index (Phi) is 3.98. The number of carbonyl (C=O) groups is 1. The van der Waals surface area contributed by atoms with Crippen LogP contribution in [0.15, 0.2) is 24.3 Å². The lowest BCUT2D eigenvalue weighted by atomic mass is 10.1. The molecule has 0 radical (unpaired) electrons. The number of piperazine rings is 1. The highest BCUT2D eigenvalue weighted by molar-refractivity contribution is 7.15. The zero-order chi connectivity index (χ0) is 17.7. The maximum Gasteiger partial charge on any atom is 0.254 e. The maximum atomic E-state index is 12.8. The van der Waals surface area contributed by atoms with Crippen molar-refractivity contribution in [2.75, 3.05) is 24.5 Å². The third-order valence-corrected chi connectivity index (χ3v) is 7.00. The molecule has 1 amide bonds. The zero-order valence-corrected chi connectivity index (χ0v) is 15.9. The average molecular weight is 369 g/mol. The Labute approximate surface area is 158 Å². The predicted octanol–water partition coefficient (Wildman–Crippen LogP) is 2.59. The summed E-state index contributed by atoms with van der Waals surface area (Å²) in [4.78, 5) is 23.6. The second-order valence-electron chi connectivity index (χ2n) is 7.66. The van der Waals surface area contributed by atoms with Gasteiger partial charge < -0.3 is 15.1 Å². The molecule has 5 nitrogen and oxygen atoms in total. The monoisotopic (exact) mass is 368 g/mol. The molecule has 2 saturated heterocycles. The Hall–Kier alpha value is -1.92. The van der Waals surface area contributed by atoms with Crippen LogP contribution < -0.4 is 10.2 Å². The number of nitrogens with zero attached hydrogens (tertiary/aromatic N) is 3. The molecule has 1 aromatic heterocycles. The summed E-state index contributed by atoms with van der Waals surface area (Å²) < 4.78 is 0. The van der Waals surface area contributed by atoms with Gasteiger partial charge in [0.15, 0.2) is 5.13 Å². The summed E-state index contributed by atoms with van der Waals surface area (Å²) >= 11 is 1.80. The van der Waals surface area contributed by atoms with Gasteiger partial charge in [-0.05, 0) is 31.9 Å². The molecule has 2 atom stereocenters. The minimum absolute atomic E-state index is 0.132. The van der Waals surface area contributed by atoms with Crippen molar-refractivity contribution in [1.82, 2.24) is 15.2 Å². The molecule has 1 N–H and O–H groups in total. The van der Waals surface area contributed by atoms with E-state index >= 15 is 0 Å². The fourth-order valence-electron chi connectivity index (χ4n) is 4.44. The van der Waals surface area contributed by atoms with Crippen molar-refractivity contribution in [3.63, 3.8) is 0 Å². The zero-order valence-electron chi connectivity index (χ0n) is 15.1. The Bertz CT molecular complexity index is 815. The quantitative estimate of drug-likeness (QED) is 0.885. The molecule has 0 spiro atoms. The number of aryl methyl sites for hydroxylation is 1. The van der Waals surface area contributed by atoms with Crippen LogP contribution in [0.3, 0.4) is 0 Å². The van der Waals surface area contributed by atoms with Crippen LogP contribution in [0.5, 0.6) is 0 Å². The smallest absolute Gasteiger partial charge is 0.254 e. The van der Waals surface area contributed by atoms with Gasteiger partial charge in [0.05, 0.1) is 12.2 Å². The van der Waals surface area contributed by atoms with E-state index in [-0.39, 0.29) is 5.91 Å². The average Bonchev–Trinajstić information content (AvgIpc) is 3.18. The van der Waals surface area contributed by atoms with Crippen molar-refractivity contribution < 1.29 is 4.79 Å². The van der Waals surface area contributed by atoms with E-state index in [4.69, 9.17) is 4.98 Å². The van der Waals surface area contributed by atoms with Crippen molar-refractivity contribution in [2.24, 2.45) is 0 Å². The molecule has 2 unspecified atom stereocenters. The van der Waals surface area contributed by atoms with Crippen LogP contribution in [0.1, 0.15) is 39.3 Å². The Morgan fingerprint density at radius 1 is 1.19 bits per heavy atom. The van der Waals surface area contributed by atoms with Crippen LogP contribution in [0.2, 0.25) is 0 Å². The molecular weight excluding hydrogens is 344 g/mol. The fourth-order valence-corrected chi connectivity index (χ4v) is 5.70. The third-order valence-electron chi connectivity index (χ3n) is 5.91. The van der Waals surface area contributed by atoms with Crippen LogP contribution in [0.4, 0.5) is 5.13 Å². The molecule has 1 aromatic carbocycles. The molecule has 0 saturated carbocycles. The molecule has 3 aliphatic rings. The molecule has 5 rings (SSSR count). The first-order chi connectivity index (χ1) is 12.7. The number of hydrogen-bond acceptors (Lipinski definition) is 5. The highest BCUT2D eigenvalue weighted by Gasteiger charge is 2.39. The largest absolute Gasteiger partial charge is 0.340 e. The summed E-state index contributed by atoms with van der Waals surface area (Å²) in [5.74, 6) is 0.132. The van der Waals surface area contributed by atoms with Gasteiger partial charge in [0.1, 0.15) is 0 Å². The van der Waals surface area contributed by atoms with E-state index < -0.39 is 0 Å². The summed E-state index contributed by atoms with van der Waals surface area (Å²) in [7, 11) is 0. The highest BCUT2D eigenvalue weighted by Crippen LogP contribution is 2.38. The van der Waals surface area contributed by atoms with Gasteiger partial charge in [-0.15, -0.1) is 0 Å². The summed E-state index contributed by atoms with van der Waals surface area (Å²) in [6.07, 6.45) is 3.39. The SMILES string of the molecule is Cc1ccc(C(=O)N2CCc3nc(N4C5CCC4CNC5)sc3C2)cc1. The second kappa shape index (κ2) is 6.35. The Balaban J connectivity index is 1.36. The highest BCUT2D eigenvalue weighted by atomic mass is 32.1.